The van der Waals surface area contributed by atoms with Gasteiger partial charge in [-0.05, 0) is 51.2 Å². The van der Waals surface area contributed by atoms with Crippen molar-refractivity contribution in [3.8, 4) is 0 Å². The number of thioether (sulfide) groups is 1. The van der Waals surface area contributed by atoms with Gasteiger partial charge >= 0.3 is 0 Å². The molecule has 0 spiro atoms. The van der Waals surface area contributed by atoms with Crippen LogP contribution in [0.15, 0.2) is 60.7 Å². The van der Waals surface area contributed by atoms with Crippen LogP contribution in [0.25, 0.3) is 0 Å². The molecule has 2 aromatic rings. The lowest BCUT2D eigenvalue weighted by Gasteiger charge is -2.28. The summed E-state index contributed by atoms with van der Waals surface area (Å²) in [6.07, 6.45) is 1.84. The highest BCUT2D eigenvalue weighted by Gasteiger charge is 2.43. The summed E-state index contributed by atoms with van der Waals surface area (Å²) >= 11 is 1.45. The zero-order chi connectivity index (χ0) is 26.6. The zero-order valence-electron chi connectivity index (χ0n) is 21.7. The molecule has 4 rings (SSSR count). The number of rotatable bonds is 8. The van der Waals surface area contributed by atoms with Crippen molar-refractivity contribution in [2.75, 3.05) is 18.2 Å². The molecule has 2 aliphatic heterocycles. The van der Waals surface area contributed by atoms with Crippen LogP contribution >= 0.6 is 11.8 Å². The van der Waals surface area contributed by atoms with E-state index in [-0.39, 0.29) is 36.2 Å². The third kappa shape index (κ3) is 6.80. The molecule has 2 unspecified atom stereocenters. The van der Waals surface area contributed by atoms with Crippen LogP contribution in [0.5, 0.6) is 0 Å². The van der Waals surface area contributed by atoms with Gasteiger partial charge in [-0.2, -0.15) is 0 Å². The Hall–Kier alpha value is -3.13. The minimum Gasteiger partial charge on any atom is -0.350 e. The van der Waals surface area contributed by atoms with Crippen molar-refractivity contribution in [1.29, 1.82) is 0 Å². The Kier molecular flexibility index (Phi) is 8.37. The van der Waals surface area contributed by atoms with Gasteiger partial charge < -0.3 is 15.1 Å². The van der Waals surface area contributed by atoms with Gasteiger partial charge in [0.2, 0.25) is 17.6 Å². The highest BCUT2D eigenvalue weighted by molar-refractivity contribution is 7.99. The molecule has 2 saturated heterocycles. The topological polar surface area (TPSA) is 86.8 Å². The molecule has 2 heterocycles. The Morgan fingerprint density at radius 3 is 2.14 bits per heavy atom. The van der Waals surface area contributed by atoms with Gasteiger partial charge in [0.15, 0.2) is 0 Å². The second kappa shape index (κ2) is 11.5. The van der Waals surface area contributed by atoms with Crippen LogP contribution in [0.3, 0.4) is 0 Å². The third-order valence-corrected chi connectivity index (χ3v) is 7.78. The molecule has 3 atom stereocenters. The largest absolute Gasteiger partial charge is 0.350 e. The van der Waals surface area contributed by atoms with E-state index in [0.717, 1.165) is 11.1 Å². The quantitative estimate of drug-likeness (QED) is 0.540. The zero-order valence-corrected chi connectivity index (χ0v) is 22.5. The summed E-state index contributed by atoms with van der Waals surface area (Å²) in [6.45, 7) is 5.36. The first kappa shape index (κ1) is 26.9. The Morgan fingerprint density at radius 1 is 0.946 bits per heavy atom. The number of amides is 3. The second-order valence-corrected chi connectivity index (χ2v) is 11.9. The van der Waals surface area contributed by atoms with Crippen molar-refractivity contribution in [1.82, 2.24) is 15.1 Å². The number of carbonyl (C=O) groups excluding carboxylic acids is 4. The summed E-state index contributed by atoms with van der Waals surface area (Å²) in [5, 5.41) is 2.91. The van der Waals surface area contributed by atoms with E-state index in [1.807, 2.05) is 81.4 Å². The van der Waals surface area contributed by atoms with E-state index in [1.54, 1.807) is 4.90 Å². The Bertz CT molecular complexity index is 1130. The molecular formula is C29H35N3O4S. The van der Waals surface area contributed by atoms with Gasteiger partial charge in [-0.3, -0.25) is 19.2 Å². The molecule has 0 aromatic heterocycles. The normalized spacial score (nSPS) is 21.8. The highest BCUT2D eigenvalue weighted by Crippen LogP contribution is 2.30. The van der Waals surface area contributed by atoms with E-state index in [4.69, 9.17) is 0 Å². The van der Waals surface area contributed by atoms with Crippen LogP contribution in [0, 0.1) is 5.92 Å². The molecule has 37 heavy (non-hydrogen) atoms. The number of carbonyl (C=O) groups is 4. The van der Waals surface area contributed by atoms with Crippen molar-refractivity contribution < 1.29 is 19.2 Å². The van der Waals surface area contributed by atoms with Crippen molar-refractivity contribution in [2.24, 2.45) is 5.92 Å². The van der Waals surface area contributed by atoms with E-state index >= 15 is 0 Å². The molecule has 0 radical (unpaired) electrons. The summed E-state index contributed by atoms with van der Waals surface area (Å²) in [5.41, 5.74) is 1.72. The van der Waals surface area contributed by atoms with Gasteiger partial charge in [0, 0.05) is 23.3 Å². The number of Topliss-reactive ketones (excluding diaryl/α,β-unsaturated/α-hetero) is 1. The van der Waals surface area contributed by atoms with Crippen LogP contribution in [0.1, 0.15) is 38.3 Å². The first-order valence-corrected chi connectivity index (χ1v) is 13.9. The SMILES string of the molecule is CC(C)(C)NC(=O)C1CSCN1C(=O)C(=O)CN1C(=O)C(Cc2ccccc2)C[C@@H]1Cc1ccccc1. The number of hydrogen-bond acceptors (Lipinski definition) is 5. The minimum absolute atomic E-state index is 0.0937. The van der Waals surface area contributed by atoms with E-state index in [0.29, 0.717) is 25.0 Å². The van der Waals surface area contributed by atoms with Crippen molar-refractivity contribution in [3.63, 3.8) is 0 Å². The number of benzene rings is 2. The Morgan fingerprint density at radius 2 is 1.54 bits per heavy atom. The van der Waals surface area contributed by atoms with Crippen molar-refractivity contribution >= 4 is 35.3 Å². The molecule has 0 bridgehead atoms. The van der Waals surface area contributed by atoms with Crippen LogP contribution < -0.4 is 5.32 Å². The molecule has 0 aliphatic carbocycles. The molecule has 0 saturated carbocycles. The lowest BCUT2D eigenvalue weighted by atomic mass is 9.94. The lowest BCUT2D eigenvalue weighted by molar-refractivity contribution is -0.149. The van der Waals surface area contributed by atoms with Gasteiger partial charge in [0.05, 0.1) is 12.4 Å². The molecule has 2 aromatic carbocycles. The fourth-order valence-electron chi connectivity index (χ4n) is 5.02. The Balaban J connectivity index is 1.48. The molecule has 7 nitrogen and oxygen atoms in total. The fourth-order valence-corrected chi connectivity index (χ4v) is 6.18. The molecular weight excluding hydrogens is 486 g/mol. The minimum atomic E-state index is -0.697. The van der Waals surface area contributed by atoms with Crippen LogP contribution in [0.2, 0.25) is 0 Å². The summed E-state index contributed by atoms with van der Waals surface area (Å²) in [4.78, 5) is 55.6. The number of nitrogens with one attached hydrogen (secondary N) is 1. The second-order valence-electron chi connectivity index (χ2n) is 10.9. The average molecular weight is 522 g/mol. The number of nitrogens with zero attached hydrogens (tertiary/aromatic N) is 2. The lowest BCUT2D eigenvalue weighted by Crippen LogP contribution is -2.54. The van der Waals surface area contributed by atoms with Crippen LogP contribution in [-0.4, -0.2) is 69.1 Å². The van der Waals surface area contributed by atoms with Gasteiger partial charge in [-0.1, -0.05) is 60.7 Å². The van der Waals surface area contributed by atoms with Crippen molar-refractivity contribution in [3.05, 3.63) is 71.8 Å². The maximum Gasteiger partial charge on any atom is 0.293 e. The summed E-state index contributed by atoms with van der Waals surface area (Å²) in [6, 6.07) is 18.9. The molecule has 2 fully saturated rings. The fraction of sp³-hybridized carbons (Fsp3) is 0.448. The summed E-state index contributed by atoms with van der Waals surface area (Å²) in [7, 11) is 0. The molecule has 2 aliphatic rings. The average Bonchev–Trinajstić information content (AvgIpc) is 3.45. The van der Waals surface area contributed by atoms with Crippen LogP contribution in [0.4, 0.5) is 0 Å². The summed E-state index contributed by atoms with van der Waals surface area (Å²) < 4.78 is 0. The van der Waals surface area contributed by atoms with Crippen molar-refractivity contribution in [2.45, 2.75) is 57.7 Å². The molecule has 3 amide bonds. The number of ketones is 1. The standard InChI is InChI=1S/C29H35N3O4S/c1-29(2,3)30-26(34)24-18-37-19-32(24)28(36)25(33)17-31-23(15-21-12-8-5-9-13-21)16-22(27(31)35)14-20-10-6-4-7-11-20/h4-13,22-24H,14-19H2,1-3H3,(H,30,34)/t22?,23-,24?/m0/s1. The summed E-state index contributed by atoms with van der Waals surface area (Å²) in [5.74, 6) is -1.22. The first-order chi connectivity index (χ1) is 17.6. The maximum absolute atomic E-state index is 13.5. The predicted molar refractivity (Wildman–Crippen MR) is 145 cm³/mol. The monoisotopic (exact) mass is 521 g/mol. The third-order valence-electron chi connectivity index (χ3n) is 6.77. The maximum atomic E-state index is 13.5. The number of likely N-dealkylation sites (tertiary alicyclic amines) is 1. The van der Waals surface area contributed by atoms with Gasteiger partial charge in [-0.25, -0.2) is 0 Å². The Labute approximate surface area is 223 Å². The van der Waals surface area contributed by atoms with Crippen LogP contribution in [-0.2, 0) is 32.0 Å². The molecule has 8 heteroatoms. The molecule has 1 N–H and O–H groups in total. The van der Waals surface area contributed by atoms with E-state index in [1.165, 1.54) is 16.7 Å². The highest BCUT2D eigenvalue weighted by atomic mass is 32.2. The predicted octanol–water partition coefficient (Wildman–Crippen LogP) is 3.07. The first-order valence-electron chi connectivity index (χ1n) is 12.7. The van der Waals surface area contributed by atoms with E-state index in [9.17, 15) is 19.2 Å². The number of hydrogen-bond donors (Lipinski definition) is 1. The van der Waals surface area contributed by atoms with Gasteiger partial charge in [-0.15, -0.1) is 11.8 Å². The van der Waals surface area contributed by atoms with Gasteiger partial charge in [0.25, 0.3) is 5.91 Å². The smallest absolute Gasteiger partial charge is 0.293 e. The molecule has 196 valence electrons. The van der Waals surface area contributed by atoms with Gasteiger partial charge in [0.1, 0.15) is 6.04 Å². The van der Waals surface area contributed by atoms with E-state index in [2.05, 4.69) is 5.32 Å². The van der Waals surface area contributed by atoms with E-state index < -0.39 is 23.3 Å².